The van der Waals surface area contributed by atoms with Crippen LogP contribution in [0.2, 0.25) is 0 Å². The van der Waals surface area contributed by atoms with Gasteiger partial charge in [0.05, 0.1) is 6.54 Å². The van der Waals surface area contributed by atoms with E-state index in [0.29, 0.717) is 12.3 Å². The molecule has 1 aromatic carbocycles. The molecule has 0 bridgehead atoms. The minimum atomic E-state index is -1.05. The fourth-order valence-corrected chi connectivity index (χ4v) is 1.92. The van der Waals surface area contributed by atoms with E-state index < -0.39 is 5.97 Å². The molecule has 5 nitrogen and oxygen atoms in total. The van der Waals surface area contributed by atoms with Crippen LogP contribution in [-0.4, -0.2) is 30.1 Å². The molecule has 0 saturated carbocycles. The molecule has 2 aromatic rings. The minimum Gasteiger partial charge on any atom is -0.475 e. The van der Waals surface area contributed by atoms with Crippen molar-refractivity contribution in [3.63, 3.8) is 0 Å². The lowest BCUT2D eigenvalue weighted by Gasteiger charge is -2.11. The molecule has 0 radical (unpaired) electrons. The number of nitrogens with one attached hydrogen (secondary N) is 1. The zero-order valence-corrected chi connectivity index (χ0v) is 11.6. The van der Waals surface area contributed by atoms with E-state index in [4.69, 9.17) is 9.52 Å². The molecule has 0 unspecified atom stereocenters. The fourth-order valence-electron chi connectivity index (χ4n) is 1.92. The van der Waals surface area contributed by atoms with Crippen molar-refractivity contribution in [2.45, 2.75) is 13.1 Å². The van der Waals surface area contributed by atoms with Crippen LogP contribution in [0, 0.1) is 0 Å². The van der Waals surface area contributed by atoms with Gasteiger partial charge in [-0.05, 0) is 43.9 Å². The predicted molar refractivity (Wildman–Crippen MR) is 76.8 cm³/mol. The monoisotopic (exact) mass is 274 g/mol. The zero-order valence-electron chi connectivity index (χ0n) is 11.6. The average Bonchev–Trinajstić information content (AvgIpc) is 2.85. The van der Waals surface area contributed by atoms with Gasteiger partial charge in [-0.25, -0.2) is 4.79 Å². The second-order valence-corrected chi connectivity index (χ2v) is 4.86. The smallest absolute Gasteiger partial charge is 0.371 e. The maximum absolute atomic E-state index is 10.7. The normalized spacial score (nSPS) is 10.8. The van der Waals surface area contributed by atoms with Crippen LogP contribution < -0.4 is 5.32 Å². The molecule has 0 atom stereocenters. The van der Waals surface area contributed by atoms with E-state index in [1.807, 2.05) is 26.2 Å². The maximum atomic E-state index is 10.7. The highest BCUT2D eigenvalue weighted by Crippen LogP contribution is 2.14. The van der Waals surface area contributed by atoms with Crippen molar-refractivity contribution < 1.29 is 14.3 Å². The van der Waals surface area contributed by atoms with E-state index in [1.165, 1.54) is 11.6 Å². The van der Waals surface area contributed by atoms with Gasteiger partial charge in [0.15, 0.2) is 0 Å². The molecule has 0 fully saturated rings. The van der Waals surface area contributed by atoms with E-state index >= 15 is 0 Å². The highest BCUT2D eigenvalue weighted by Gasteiger charge is 2.08. The quantitative estimate of drug-likeness (QED) is 0.847. The first-order chi connectivity index (χ1) is 9.54. The summed E-state index contributed by atoms with van der Waals surface area (Å²) in [6, 6.07) is 11.2. The number of hydrogen-bond acceptors (Lipinski definition) is 4. The molecule has 5 heteroatoms. The number of anilines is 1. The summed E-state index contributed by atoms with van der Waals surface area (Å²) in [5, 5.41) is 12.0. The molecule has 0 aliphatic heterocycles. The van der Waals surface area contributed by atoms with Gasteiger partial charge in [0.1, 0.15) is 5.76 Å². The van der Waals surface area contributed by atoms with Crippen LogP contribution in [0.15, 0.2) is 40.8 Å². The van der Waals surface area contributed by atoms with Crippen LogP contribution in [0.4, 0.5) is 5.69 Å². The zero-order chi connectivity index (χ0) is 14.5. The molecule has 20 heavy (non-hydrogen) atoms. The van der Waals surface area contributed by atoms with Crippen molar-refractivity contribution >= 4 is 11.7 Å². The van der Waals surface area contributed by atoms with Crippen molar-refractivity contribution in [1.29, 1.82) is 0 Å². The van der Waals surface area contributed by atoms with E-state index in [1.54, 1.807) is 6.07 Å². The van der Waals surface area contributed by atoms with Crippen molar-refractivity contribution in [3.05, 3.63) is 53.5 Å². The van der Waals surface area contributed by atoms with Crippen LogP contribution >= 0.6 is 0 Å². The summed E-state index contributed by atoms with van der Waals surface area (Å²) in [7, 11) is 4.05. The largest absolute Gasteiger partial charge is 0.475 e. The van der Waals surface area contributed by atoms with Crippen molar-refractivity contribution in [1.82, 2.24) is 4.90 Å². The number of carboxylic acids is 1. The van der Waals surface area contributed by atoms with Gasteiger partial charge >= 0.3 is 5.97 Å². The van der Waals surface area contributed by atoms with Crippen molar-refractivity contribution in [2.75, 3.05) is 19.4 Å². The third-order valence-corrected chi connectivity index (χ3v) is 2.76. The SMILES string of the molecule is CN(C)Cc1cccc(NCc2ccc(C(=O)O)o2)c1. The number of carbonyl (C=O) groups is 1. The standard InChI is InChI=1S/C15H18N2O3/c1-17(2)10-11-4-3-5-12(8-11)16-9-13-6-7-14(20-13)15(18)19/h3-8,16H,9-10H2,1-2H3,(H,18,19). The molecule has 106 valence electrons. The Bertz CT molecular complexity index is 590. The Balaban J connectivity index is 1.97. The second-order valence-electron chi connectivity index (χ2n) is 4.86. The predicted octanol–water partition coefficient (Wildman–Crippen LogP) is 2.65. The number of aromatic carboxylic acids is 1. The number of benzene rings is 1. The molecule has 0 amide bonds. The third-order valence-electron chi connectivity index (χ3n) is 2.76. The van der Waals surface area contributed by atoms with E-state index in [2.05, 4.69) is 22.3 Å². The lowest BCUT2D eigenvalue weighted by Crippen LogP contribution is -2.10. The third kappa shape index (κ3) is 3.86. The lowest BCUT2D eigenvalue weighted by atomic mass is 10.2. The summed E-state index contributed by atoms with van der Waals surface area (Å²) in [4.78, 5) is 12.8. The molecule has 0 aliphatic rings. The van der Waals surface area contributed by atoms with E-state index in [-0.39, 0.29) is 5.76 Å². The summed E-state index contributed by atoms with van der Waals surface area (Å²) in [6.45, 7) is 1.33. The Kier molecular flexibility index (Phi) is 4.42. The van der Waals surface area contributed by atoms with Crippen LogP contribution in [0.1, 0.15) is 21.9 Å². The number of hydrogen-bond donors (Lipinski definition) is 2. The number of nitrogens with zero attached hydrogens (tertiary/aromatic N) is 1. The summed E-state index contributed by atoms with van der Waals surface area (Å²) in [5.41, 5.74) is 2.20. The molecular weight excluding hydrogens is 256 g/mol. The number of rotatable bonds is 6. The fraction of sp³-hybridized carbons (Fsp3) is 0.267. The Morgan fingerprint density at radius 1 is 1.30 bits per heavy atom. The molecule has 2 N–H and O–H groups in total. The van der Waals surface area contributed by atoms with Gasteiger partial charge in [0.2, 0.25) is 5.76 Å². The summed E-state index contributed by atoms with van der Waals surface area (Å²) < 4.78 is 5.19. The second kappa shape index (κ2) is 6.25. The molecule has 0 aliphatic carbocycles. The van der Waals surface area contributed by atoms with Crippen LogP contribution in [0.5, 0.6) is 0 Å². The van der Waals surface area contributed by atoms with Crippen molar-refractivity contribution in [3.8, 4) is 0 Å². The molecular formula is C15H18N2O3. The molecule has 0 spiro atoms. The minimum absolute atomic E-state index is 0.0387. The Labute approximate surface area is 117 Å². The van der Waals surface area contributed by atoms with Gasteiger partial charge in [0.25, 0.3) is 0 Å². The van der Waals surface area contributed by atoms with Crippen LogP contribution in [-0.2, 0) is 13.1 Å². The molecule has 0 saturated heterocycles. The molecule has 1 aromatic heterocycles. The van der Waals surface area contributed by atoms with Crippen LogP contribution in [0.3, 0.4) is 0 Å². The summed E-state index contributed by atoms with van der Waals surface area (Å²) >= 11 is 0. The lowest BCUT2D eigenvalue weighted by molar-refractivity contribution is 0.0660. The first-order valence-electron chi connectivity index (χ1n) is 6.34. The van der Waals surface area contributed by atoms with Gasteiger partial charge in [-0.2, -0.15) is 0 Å². The maximum Gasteiger partial charge on any atom is 0.371 e. The summed E-state index contributed by atoms with van der Waals surface area (Å²) in [5.74, 6) is -0.493. The number of carboxylic acid groups (broad SMARTS) is 1. The van der Waals surface area contributed by atoms with Crippen molar-refractivity contribution in [2.24, 2.45) is 0 Å². The highest BCUT2D eigenvalue weighted by molar-refractivity contribution is 5.84. The highest BCUT2D eigenvalue weighted by atomic mass is 16.4. The topological polar surface area (TPSA) is 65.7 Å². The average molecular weight is 274 g/mol. The Morgan fingerprint density at radius 3 is 2.75 bits per heavy atom. The van der Waals surface area contributed by atoms with Crippen LogP contribution in [0.25, 0.3) is 0 Å². The molecule has 2 rings (SSSR count). The van der Waals surface area contributed by atoms with Gasteiger partial charge < -0.3 is 19.7 Å². The number of furan rings is 1. The van der Waals surface area contributed by atoms with Gasteiger partial charge in [-0.3, -0.25) is 0 Å². The van der Waals surface area contributed by atoms with Gasteiger partial charge in [-0.1, -0.05) is 12.1 Å². The first kappa shape index (κ1) is 14.1. The van der Waals surface area contributed by atoms with Gasteiger partial charge in [0, 0.05) is 12.2 Å². The Hall–Kier alpha value is -2.27. The van der Waals surface area contributed by atoms with E-state index in [0.717, 1.165) is 12.2 Å². The Morgan fingerprint density at radius 2 is 2.10 bits per heavy atom. The van der Waals surface area contributed by atoms with Gasteiger partial charge in [-0.15, -0.1) is 0 Å². The summed E-state index contributed by atoms with van der Waals surface area (Å²) in [6.07, 6.45) is 0. The molecule has 1 heterocycles. The van der Waals surface area contributed by atoms with E-state index in [9.17, 15) is 4.79 Å². The first-order valence-corrected chi connectivity index (χ1v) is 6.34.